The van der Waals surface area contributed by atoms with Gasteiger partial charge in [0.2, 0.25) is 5.91 Å². The Morgan fingerprint density at radius 3 is 2.18 bits per heavy atom. The van der Waals surface area contributed by atoms with Crippen molar-refractivity contribution in [1.82, 2.24) is 14.7 Å². The number of likely N-dealkylation sites (tertiary alicyclic amines) is 1. The first-order valence-electron chi connectivity index (χ1n) is 11.5. The summed E-state index contributed by atoms with van der Waals surface area (Å²) in [6.45, 7) is 4.42. The monoisotopic (exact) mass is 469 g/mol. The van der Waals surface area contributed by atoms with Crippen LogP contribution in [0, 0.1) is 5.92 Å². The van der Waals surface area contributed by atoms with Crippen LogP contribution in [0.5, 0.6) is 0 Å². The molecule has 2 fully saturated rings. The molecule has 33 heavy (non-hydrogen) atoms. The molecule has 0 atom stereocenters. The van der Waals surface area contributed by atoms with E-state index >= 15 is 0 Å². The van der Waals surface area contributed by atoms with Crippen LogP contribution in [0.25, 0.3) is 0 Å². The van der Waals surface area contributed by atoms with Gasteiger partial charge in [-0.25, -0.2) is 8.42 Å². The largest absolute Gasteiger partial charge is 0.340 e. The summed E-state index contributed by atoms with van der Waals surface area (Å²) < 4.78 is 25.4. The smallest absolute Gasteiger partial charge is 0.253 e. The first-order chi connectivity index (χ1) is 15.8. The van der Waals surface area contributed by atoms with Gasteiger partial charge in [-0.2, -0.15) is 0 Å². The molecule has 2 amide bonds. The molecule has 0 saturated carbocycles. The maximum absolute atomic E-state index is 13.1. The van der Waals surface area contributed by atoms with Crippen LogP contribution in [0.3, 0.4) is 0 Å². The van der Waals surface area contributed by atoms with Gasteiger partial charge in [0.15, 0.2) is 9.84 Å². The van der Waals surface area contributed by atoms with Crippen LogP contribution in [0.4, 0.5) is 0 Å². The zero-order valence-electron chi connectivity index (χ0n) is 19.0. The third-order valence-electron chi connectivity index (χ3n) is 6.58. The fourth-order valence-corrected chi connectivity index (χ4v) is 5.88. The summed E-state index contributed by atoms with van der Waals surface area (Å²) >= 11 is 0. The molecule has 0 aliphatic carbocycles. The van der Waals surface area contributed by atoms with Crippen molar-refractivity contribution in [3.05, 3.63) is 65.7 Å². The topological polar surface area (TPSA) is 78.0 Å². The molecule has 2 aromatic carbocycles. The first kappa shape index (κ1) is 23.4. The summed E-state index contributed by atoms with van der Waals surface area (Å²) in [6, 6.07) is 15.2. The second-order valence-electron chi connectivity index (χ2n) is 8.97. The number of benzene rings is 2. The fourth-order valence-electron chi connectivity index (χ4n) is 4.52. The lowest BCUT2D eigenvalue weighted by molar-refractivity contribution is -0.138. The van der Waals surface area contributed by atoms with E-state index in [0.717, 1.165) is 26.2 Å². The van der Waals surface area contributed by atoms with Gasteiger partial charge >= 0.3 is 0 Å². The van der Waals surface area contributed by atoms with Gasteiger partial charge in [0.1, 0.15) is 0 Å². The quantitative estimate of drug-likeness (QED) is 0.672. The predicted octanol–water partition coefficient (Wildman–Crippen LogP) is 2.29. The molecule has 2 saturated heterocycles. The van der Waals surface area contributed by atoms with Crippen LogP contribution >= 0.6 is 0 Å². The van der Waals surface area contributed by atoms with Crippen LogP contribution in [-0.2, 0) is 20.4 Å². The molecule has 4 rings (SSSR count). The SMILES string of the molecule is CN1CCN(C(=O)C2CCN(C(=O)c3cccc(CS(=O)(=O)c4ccccc4)c3)CC2)CC1. The average molecular weight is 470 g/mol. The number of carbonyl (C=O) groups is 2. The first-order valence-corrected chi connectivity index (χ1v) is 13.1. The van der Waals surface area contributed by atoms with Gasteiger partial charge in [-0.15, -0.1) is 0 Å². The van der Waals surface area contributed by atoms with Crippen molar-refractivity contribution in [1.29, 1.82) is 0 Å². The van der Waals surface area contributed by atoms with Gasteiger partial charge in [0.05, 0.1) is 10.6 Å². The minimum atomic E-state index is -3.48. The lowest BCUT2D eigenvalue weighted by atomic mass is 9.94. The molecule has 2 aliphatic rings. The van der Waals surface area contributed by atoms with E-state index in [1.54, 1.807) is 59.5 Å². The average Bonchev–Trinajstić information content (AvgIpc) is 2.84. The number of nitrogens with zero attached hydrogens (tertiary/aromatic N) is 3. The van der Waals surface area contributed by atoms with Crippen LogP contribution < -0.4 is 0 Å². The van der Waals surface area contributed by atoms with Crippen LogP contribution in [0.15, 0.2) is 59.5 Å². The number of amides is 2. The van der Waals surface area contributed by atoms with E-state index in [1.807, 2.05) is 4.90 Å². The van der Waals surface area contributed by atoms with Gasteiger partial charge < -0.3 is 14.7 Å². The number of piperazine rings is 1. The zero-order valence-corrected chi connectivity index (χ0v) is 19.8. The number of carbonyl (C=O) groups excluding carboxylic acids is 2. The number of likely N-dealkylation sites (N-methyl/N-ethyl adjacent to an activating group) is 1. The number of sulfone groups is 1. The van der Waals surface area contributed by atoms with E-state index in [9.17, 15) is 18.0 Å². The molecule has 176 valence electrons. The zero-order chi connectivity index (χ0) is 23.4. The summed E-state index contributed by atoms with van der Waals surface area (Å²) in [7, 11) is -1.41. The Kier molecular flexibility index (Phi) is 7.14. The highest BCUT2D eigenvalue weighted by molar-refractivity contribution is 7.90. The molecule has 0 radical (unpaired) electrons. The second kappa shape index (κ2) is 10.1. The molecule has 7 nitrogen and oxygen atoms in total. The fraction of sp³-hybridized carbons (Fsp3) is 0.440. The highest BCUT2D eigenvalue weighted by atomic mass is 32.2. The maximum atomic E-state index is 13.1. The van der Waals surface area contributed by atoms with Crippen LogP contribution in [-0.4, -0.2) is 81.2 Å². The molecule has 0 N–H and O–H groups in total. The van der Waals surface area contributed by atoms with E-state index in [-0.39, 0.29) is 28.4 Å². The van der Waals surface area contributed by atoms with Gasteiger partial charge in [-0.1, -0.05) is 30.3 Å². The number of rotatable bonds is 5. The Bertz CT molecular complexity index is 1090. The van der Waals surface area contributed by atoms with E-state index in [4.69, 9.17) is 0 Å². The number of hydrogen-bond acceptors (Lipinski definition) is 5. The Labute approximate surface area is 195 Å². The van der Waals surface area contributed by atoms with Crippen LogP contribution in [0.2, 0.25) is 0 Å². The summed E-state index contributed by atoms with van der Waals surface area (Å²) in [6.07, 6.45) is 1.33. The molecule has 0 unspecified atom stereocenters. The normalized spacial score (nSPS) is 18.3. The lowest BCUT2D eigenvalue weighted by Gasteiger charge is -2.37. The van der Waals surface area contributed by atoms with E-state index in [0.29, 0.717) is 37.1 Å². The molecule has 0 aromatic heterocycles. The Morgan fingerprint density at radius 2 is 1.52 bits per heavy atom. The van der Waals surface area contributed by atoms with Gasteiger partial charge in [-0.05, 0) is 49.7 Å². The van der Waals surface area contributed by atoms with E-state index < -0.39 is 9.84 Å². The molecular formula is C25H31N3O4S. The number of hydrogen-bond donors (Lipinski definition) is 0. The van der Waals surface area contributed by atoms with Crippen LogP contribution in [0.1, 0.15) is 28.8 Å². The second-order valence-corrected chi connectivity index (χ2v) is 11.0. The highest BCUT2D eigenvalue weighted by Crippen LogP contribution is 2.23. The van der Waals surface area contributed by atoms with Gasteiger partial charge in [0.25, 0.3) is 5.91 Å². The van der Waals surface area contributed by atoms with Crippen molar-refractivity contribution < 1.29 is 18.0 Å². The predicted molar refractivity (Wildman–Crippen MR) is 126 cm³/mol. The standard InChI is InChI=1S/C25H31N3O4S/c1-26-14-16-28(17-15-26)24(29)21-10-12-27(13-11-21)25(30)22-7-5-6-20(18-22)19-33(31,32)23-8-3-2-4-9-23/h2-9,18,21H,10-17,19H2,1H3. The van der Waals surface area contributed by atoms with Crippen molar-refractivity contribution in [3.63, 3.8) is 0 Å². The third-order valence-corrected chi connectivity index (χ3v) is 8.28. The number of piperidine rings is 1. The molecule has 2 heterocycles. The van der Waals surface area contributed by atoms with Crippen molar-refractivity contribution in [3.8, 4) is 0 Å². The molecule has 8 heteroatoms. The van der Waals surface area contributed by atoms with Crippen molar-refractivity contribution in [2.75, 3.05) is 46.3 Å². The summed E-state index contributed by atoms with van der Waals surface area (Å²) in [5, 5.41) is 0. The Balaban J connectivity index is 1.36. The summed E-state index contributed by atoms with van der Waals surface area (Å²) in [5.41, 5.74) is 1.07. The molecule has 0 spiro atoms. The van der Waals surface area contributed by atoms with E-state index in [2.05, 4.69) is 11.9 Å². The van der Waals surface area contributed by atoms with Crippen molar-refractivity contribution in [2.45, 2.75) is 23.5 Å². The minimum Gasteiger partial charge on any atom is -0.340 e. The Morgan fingerprint density at radius 1 is 0.848 bits per heavy atom. The lowest BCUT2D eigenvalue weighted by Crippen LogP contribution is -2.51. The van der Waals surface area contributed by atoms with Gasteiger partial charge in [0, 0.05) is 50.7 Å². The maximum Gasteiger partial charge on any atom is 0.253 e. The molecule has 2 aromatic rings. The summed E-state index contributed by atoms with van der Waals surface area (Å²) in [4.78, 5) is 32.2. The van der Waals surface area contributed by atoms with Crippen molar-refractivity contribution in [2.24, 2.45) is 5.92 Å². The summed E-state index contributed by atoms with van der Waals surface area (Å²) in [5.74, 6) is -0.0812. The molecule has 2 aliphatic heterocycles. The third kappa shape index (κ3) is 5.62. The Hall–Kier alpha value is -2.71. The minimum absolute atomic E-state index is 0.0280. The molecule has 0 bridgehead atoms. The van der Waals surface area contributed by atoms with Gasteiger partial charge in [-0.3, -0.25) is 9.59 Å². The van der Waals surface area contributed by atoms with Crippen molar-refractivity contribution >= 4 is 21.7 Å². The van der Waals surface area contributed by atoms with E-state index in [1.165, 1.54) is 0 Å². The molecular weight excluding hydrogens is 438 g/mol. The highest BCUT2D eigenvalue weighted by Gasteiger charge is 2.31.